The number of likely N-dealkylation sites (tertiary alicyclic amines) is 1. The van der Waals surface area contributed by atoms with Crippen LogP contribution in [0.25, 0.3) is 5.69 Å². The molecular formula is C24H24ClN3O3S. The van der Waals surface area contributed by atoms with Crippen LogP contribution < -0.4 is 15.0 Å². The third-order valence-electron chi connectivity index (χ3n) is 5.95. The highest BCUT2D eigenvalue weighted by molar-refractivity contribution is 7.99. The molecule has 5 rings (SSSR count). The number of benzene rings is 2. The van der Waals surface area contributed by atoms with E-state index in [0.717, 1.165) is 37.2 Å². The van der Waals surface area contributed by atoms with Crippen molar-refractivity contribution in [1.29, 1.82) is 0 Å². The van der Waals surface area contributed by atoms with Crippen molar-refractivity contribution in [2.24, 2.45) is 0 Å². The summed E-state index contributed by atoms with van der Waals surface area (Å²) in [5.74, 6) is 1.30. The number of nitrogens with zero attached hydrogens (tertiary/aromatic N) is 3. The van der Waals surface area contributed by atoms with Crippen molar-refractivity contribution in [1.82, 2.24) is 14.5 Å². The lowest BCUT2D eigenvalue weighted by Crippen LogP contribution is -2.22. The number of fused-ring (bicyclic) bond motifs is 1. The van der Waals surface area contributed by atoms with Gasteiger partial charge in [-0.1, -0.05) is 23.7 Å². The van der Waals surface area contributed by atoms with Crippen molar-refractivity contribution in [2.75, 3.05) is 27.2 Å². The molecule has 3 heterocycles. The Morgan fingerprint density at radius 1 is 1.16 bits per heavy atom. The number of methoxy groups -OCH3 is 1. The number of rotatable bonds is 5. The van der Waals surface area contributed by atoms with Gasteiger partial charge in [0.2, 0.25) is 0 Å². The minimum atomic E-state index is -0.0652. The van der Waals surface area contributed by atoms with E-state index in [-0.39, 0.29) is 16.9 Å². The molecule has 2 atom stereocenters. The van der Waals surface area contributed by atoms with E-state index in [9.17, 15) is 4.79 Å². The first-order chi connectivity index (χ1) is 15.5. The highest BCUT2D eigenvalue weighted by Crippen LogP contribution is 2.44. The molecule has 0 saturated carbocycles. The largest absolute Gasteiger partial charge is 0.493 e. The Balaban J connectivity index is 1.41. The van der Waals surface area contributed by atoms with E-state index in [1.807, 2.05) is 42.5 Å². The number of aromatic nitrogens is 2. The fraction of sp³-hybridized carbons (Fsp3) is 0.333. The summed E-state index contributed by atoms with van der Waals surface area (Å²) in [5.41, 5.74) is 2.62. The summed E-state index contributed by atoms with van der Waals surface area (Å²) in [6.45, 7) is 1.92. The number of thioether (sulfide) groups is 1. The maximum atomic E-state index is 13.3. The van der Waals surface area contributed by atoms with Gasteiger partial charge in [-0.25, -0.2) is 4.98 Å². The van der Waals surface area contributed by atoms with Crippen LogP contribution in [-0.2, 0) is 6.42 Å². The van der Waals surface area contributed by atoms with Crippen LogP contribution in [0.3, 0.4) is 0 Å². The molecule has 0 amide bonds. The van der Waals surface area contributed by atoms with Crippen LogP contribution in [-0.4, -0.2) is 47.8 Å². The molecule has 1 saturated heterocycles. The number of hydrogen-bond donors (Lipinski definition) is 0. The van der Waals surface area contributed by atoms with Gasteiger partial charge in [0.1, 0.15) is 12.4 Å². The van der Waals surface area contributed by atoms with E-state index in [1.54, 1.807) is 29.8 Å². The van der Waals surface area contributed by atoms with E-state index < -0.39 is 0 Å². The topological polar surface area (TPSA) is 56.6 Å². The number of hydrogen-bond acceptors (Lipinski definition) is 6. The van der Waals surface area contributed by atoms with Crippen molar-refractivity contribution in [3.05, 3.63) is 75.4 Å². The van der Waals surface area contributed by atoms with Crippen LogP contribution >= 0.6 is 23.4 Å². The monoisotopic (exact) mass is 469 g/mol. The van der Waals surface area contributed by atoms with Gasteiger partial charge in [-0.15, -0.1) is 11.8 Å². The van der Waals surface area contributed by atoms with Crippen molar-refractivity contribution in [3.63, 3.8) is 0 Å². The summed E-state index contributed by atoms with van der Waals surface area (Å²) < 4.78 is 13.3. The zero-order chi connectivity index (χ0) is 22.2. The Kier molecular flexibility index (Phi) is 5.88. The zero-order valence-electron chi connectivity index (χ0n) is 18.0. The predicted octanol–water partition coefficient (Wildman–Crippen LogP) is 4.37. The first-order valence-corrected chi connectivity index (χ1v) is 11.8. The van der Waals surface area contributed by atoms with Crippen LogP contribution in [0, 0.1) is 0 Å². The third kappa shape index (κ3) is 4.12. The molecule has 1 fully saturated rings. The molecule has 2 aliphatic heterocycles. The molecule has 2 unspecified atom stereocenters. The van der Waals surface area contributed by atoms with Crippen LogP contribution in [0.1, 0.15) is 22.9 Å². The van der Waals surface area contributed by atoms with Crippen LogP contribution in [0.2, 0.25) is 5.02 Å². The van der Waals surface area contributed by atoms with E-state index in [0.29, 0.717) is 27.1 Å². The molecule has 8 heteroatoms. The lowest BCUT2D eigenvalue weighted by Gasteiger charge is -2.17. The quantitative estimate of drug-likeness (QED) is 0.553. The normalized spacial score (nSPS) is 20.3. The lowest BCUT2D eigenvalue weighted by atomic mass is 10.1. The van der Waals surface area contributed by atoms with Gasteiger partial charge in [0.15, 0.2) is 11.5 Å². The second kappa shape index (κ2) is 8.81. The maximum absolute atomic E-state index is 13.3. The molecule has 0 bridgehead atoms. The average molecular weight is 470 g/mol. The first kappa shape index (κ1) is 21.4. The molecule has 32 heavy (non-hydrogen) atoms. The summed E-state index contributed by atoms with van der Waals surface area (Å²) in [6.07, 6.45) is 3.46. The summed E-state index contributed by atoms with van der Waals surface area (Å²) in [7, 11) is 3.70. The molecule has 3 aromatic rings. The highest BCUT2D eigenvalue weighted by atomic mass is 35.5. The molecule has 1 aromatic heterocycles. The molecule has 166 valence electrons. The third-order valence-corrected chi connectivity index (χ3v) is 7.57. The molecule has 0 N–H and O–H groups in total. The molecule has 0 aliphatic carbocycles. The standard InChI is InChI=1S/C24H24ClN3O3S/c1-27-10-9-18(13-27)31-20-8-7-17(11-21(20)30-2)28-14-26-19-12-22(32-23(19)24(28)29)15-3-5-16(25)6-4-15/h3-8,11,14,18,22H,9-10,12-13H2,1-2H3. The van der Waals surface area contributed by atoms with Gasteiger partial charge >= 0.3 is 0 Å². The predicted molar refractivity (Wildman–Crippen MR) is 127 cm³/mol. The van der Waals surface area contributed by atoms with E-state index in [2.05, 4.69) is 16.9 Å². The second-order valence-corrected chi connectivity index (χ2v) is 9.83. The van der Waals surface area contributed by atoms with Gasteiger partial charge < -0.3 is 14.4 Å². The minimum Gasteiger partial charge on any atom is -0.493 e. The van der Waals surface area contributed by atoms with Crippen molar-refractivity contribution in [3.8, 4) is 17.2 Å². The smallest absolute Gasteiger partial charge is 0.271 e. The van der Waals surface area contributed by atoms with Crippen LogP contribution in [0.4, 0.5) is 0 Å². The number of halogens is 1. The molecular weight excluding hydrogens is 446 g/mol. The Hall–Kier alpha value is -2.48. The molecule has 2 aromatic carbocycles. The Morgan fingerprint density at radius 2 is 1.97 bits per heavy atom. The number of likely N-dealkylation sites (N-methyl/N-ethyl adjacent to an activating group) is 1. The fourth-order valence-corrected chi connectivity index (χ4v) is 5.63. The molecule has 0 spiro atoms. The molecule has 2 aliphatic rings. The Labute approximate surface area is 196 Å². The zero-order valence-corrected chi connectivity index (χ0v) is 19.5. The summed E-state index contributed by atoms with van der Waals surface area (Å²) in [5, 5.41) is 0.865. The van der Waals surface area contributed by atoms with Gasteiger partial charge in [0.05, 0.1) is 23.4 Å². The van der Waals surface area contributed by atoms with E-state index >= 15 is 0 Å². The van der Waals surface area contributed by atoms with E-state index in [1.165, 1.54) is 0 Å². The van der Waals surface area contributed by atoms with Gasteiger partial charge in [-0.2, -0.15) is 0 Å². The SMILES string of the molecule is COc1cc(-n2cnc3c(c2=O)SC(c2ccc(Cl)cc2)C3)ccc1OC1CCN(C)C1. The van der Waals surface area contributed by atoms with Gasteiger partial charge in [0, 0.05) is 35.8 Å². The minimum absolute atomic E-state index is 0.0652. The van der Waals surface area contributed by atoms with Crippen LogP contribution in [0.15, 0.2) is 58.5 Å². The summed E-state index contributed by atoms with van der Waals surface area (Å²) >= 11 is 7.58. The maximum Gasteiger partial charge on any atom is 0.271 e. The van der Waals surface area contributed by atoms with E-state index in [4.69, 9.17) is 21.1 Å². The molecule has 6 nitrogen and oxygen atoms in total. The fourth-order valence-electron chi connectivity index (χ4n) is 4.22. The second-order valence-electron chi connectivity index (χ2n) is 8.18. The first-order valence-electron chi connectivity index (χ1n) is 10.6. The van der Waals surface area contributed by atoms with Gasteiger partial charge in [-0.3, -0.25) is 9.36 Å². The Bertz CT molecular complexity index is 1200. The van der Waals surface area contributed by atoms with Crippen molar-refractivity contribution >= 4 is 23.4 Å². The summed E-state index contributed by atoms with van der Waals surface area (Å²) in [6, 6.07) is 13.4. The highest BCUT2D eigenvalue weighted by Gasteiger charge is 2.29. The van der Waals surface area contributed by atoms with Crippen molar-refractivity contribution < 1.29 is 9.47 Å². The van der Waals surface area contributed by atoms with Gasteiger partial charge in [0.25, 0.3) is 5.56 Å². The number of ether oxygens (including phenoxy) is 2. The molecule has 0 radical (unpaired) electrons. The average Bonchev–Trinajstić information content (AvgIpc) is 3.41. The van der Waals surface area contributed by atoms with Crippen molar-refractivity contribution in [2.45, 2.75) is 29.1 Å². The van der Waals surface area contributed by atoms with Crippen LogP contribution in [0.5, 0.6) is 11.5 Å². The summed E-state index contributed by atoms with van der Waals surface area (Å²) in [4.78, 5) is 20.8. The lowest BCUT2D eigenvalue weighted by molar-refractivity contribution is 0.199. The van der Waals surface area contributed by atoms with Gasteiger partial charge in [-0.05, 0) is 43.3 Å². The Morgan fingerprint density at radius 3 is 2.69 bits per heavy atom.